The van der Waals surface area contributed by atoms with E-state index in [1.807, 2.05) is 0 Å². The highest BCUT2D eigenvalue weighted by molar-refractivity contribution is 7.87. The molecule has 0 bridgehead atoms. The summed E-state index contributed by atoms with van der Waals surface area (Å²) in [5.41, 5.74) is -5.28. The summed E-state index contributed by atoms with van der Waals surface area (Å²) in [5.74, 6) is 0.235. The van der Waals surface area contributed by atoms with Crippen molar-refractivity contribution >= 4 is 10.1 Å². The molecule has 0 aromatic carbocycles. The first-order valence-corrected chi connectivity index (χ1v) is 7.60. The van der Waals surface area contributed by atoms with Gasteiger partial charge in [0.1, 0.15) is 5.76 Å². The largest absolute Gasteiger partial charge is 0.534 e. The molecule has 0 saturated carbocycles. The van der Waals surface area contributed by atoms with Crippen LogP contribution in [0.3, 0.4) is 0 Å². The van der Waals surface area contributed by atoms with Gasteiger partial charge in [-0.15, -0.1) is 0 Å². The van der Waals surface area contributed by atoms with Crippen LogP contribution in [0, 0.1) is 11.3 Å². The van der Waals surface area contributed by atoms with E-state index in [0.29, 0.717) is 18.8 Å². The molecule has 0 heterocycles. The fourth-order valence-electron chi connectivity index (χ4n) is 2.07. The van der Waals surface area contributed by atoms with E-state index in [0.717, 1.165) is 6.42 Å². The molecule has 3 nitrogen and oxygen atoms in total. The van der Waals surface area contributed by atoms with E-state index < -0.39 is 15.6 Å². The highest BCUT2D eigenvalue weighted by Crippen LogP contribution is 2.40. The monoisotopic (exact) mass is 300 g/mol. The van der Waals surface area contributed by atoms with E-state index in [1.165, 1.54) is 6.08 Å². The van der Waals surface area contributed by atoms with Crippen molar-refractivity contribution in [3.8, 4) is 0 Å². The maximum Gasteiger partial charge on any atom is 0.534 e. The number of allylic oxidation sites excluding steroid dienone is 2. The van der Waals surface area contributed by atoms with Crippen molar-refractivity contribution in [1.82, 2.24) is 0 Å². The van der Waals surface area contributed by atoms with E-state index in [4.69, 9.17) is 0 Å². The summed E-state index contributed by atoms with van der Waals surface area (Å²) in [6.07, 6.45) is 3.84. The van der Waals surface area contributed by atoms with Crippen LogP contribution in [-0.4, -0.2) is 13.9 Å². The van der Waals surface area contributed by atoms with Crippen molar-refractivity contribution in [3.63, 3.8) is 0 Å². The SMILES string of the molecule is CCC(C)(C)C1CC=C(OS(=O)(=O)C(F)(F)F)CC1. The summed E-state index contributed by atoms with van der Waals surface area (Å²) < 4.78 is 62.4. The lowest BCUT2D eigenvalue weighted by atomic mass is 9.71. The van der Waals surface area contributed by atoms with E-state index in [9.17, 15) is 21.6 Å². The predicted molar refractivity (Wildman–Crippen MR) is 65.6 cm³/mol. The third-order valence-electron chi connectivity index (χ3n) is 3.89. The van der Waals surface area contributed by atoms with E-state index in [1.54, 1.807) is 0 Å². The van der Waals surface area contributed by atoms with Crippen molar-refractivity contribution < 1.29 is 25.8 Å². The zero-order chi connectivity index (χ0) is 14.9. The molecule has 1 aliphatic carbocycles. The van der Waals surface area contributed by atoms with Gasteiger partial charge in [-0.25, -0.2) is 0 Å². The maximum atomic E-state index is 12.2. The van der Waals surface area contributed by atoms with Crippen molar-refractivity contribution in [2.75, 3.05) is 0 Å². The summed E-state index contributed by atoms with van der Waals surface area (Å²) >= 11 is 0. The van der Waals surface area contributed by atoms with Gasteiger partial charge in [0.15, 0.2) is 0 Å². The Kier molecular flexibility index (Phi) is 4.59. The Morgan fingerprint density at radius 2 is 1.95 bits per heavy atom. The minimum absolute atomic E-state index is 0.0882. The Morgan fingerprint density at radius 3 is 2.32 bits per heavy atom. The number of alkyl halides is 3. The van der Waals surface area contributed by atoms with Gasteiger partial charge in [-0.1, -0.05) is 27.2 Å². The summed E-state index contributed by atoms with van der Waals surface area (Å²) in [7, 11) is -5.52. The molecule has 1 rings (SSSR count). The Hall–Kier alpha value is -0.720. The molecule has 1 unspecified atom stereocenters. The predicted octanol–water partition coefficient (Wildman–Crippen LogP) is 3.97. The van der Waals surface area contributed by atoms with Crippen LogP contribution in [0.25, 0.3) is 0 Å². The number of hydrogen-bond acceptors (Lipinski definition) is 3. The third-order valence-corrected chi connectivity index (χ3v) is 4.89. The topological polar surface area (TPSA) is 43.4 Å². The lowest BCUT2D eigenvalue weighted by Gasteiger charge is -2.35. The van der Waals surface area contributed by atoms with Crippen LogP contribution >= 0.6 is 0 Å². The summed E-state index contributed by atoms with van der Waals surface area (Å²) in [6, 6.07) is 0. The molecule has 0 spiro atoms. The minimum atomic E-state index is -5.52. The van der Waals surface area contributed by atoms with Gasteiger partial charge in [0.05, 0.1) is 0 Å². The Bertz CT molecular complexity index is 449. The van der Waals surface area contributed by atoms with E-state index >= 15 is 0 Å². The van der Waals surface area contributed by atoms with Crippen LogP contribution in [0.5, 0.6) is 0 Å². The van der Waals surface area contributed by atoms with Gasteiger partial charge >= 0.3 is 15.6 Å². The molecule has 0 fully saturated rings. The third kappa shape index (κ3) is 3.87. The first-order chi connectivity index (χ1) is 8.49. The van der Waals surface area contributed by atoms with E-state index in [-0.39, 0.29) is 17.6 Å². The van der Waals surface area contributed by atoms with Crippen LogP contribution in [0.15, 0.2) is 11.8 Å². The molecule has 0 radical (unpaired) electrons. The number of rotatable bonds is 4. The average Bonchev–Trinajstić information content (AvgIpc) is 2.27. The smallest absolute Gasteiger partial charge is 0.381 e. The van der Waals surface area contributed by atoms with Crippen molar-refractivity contribution in [3.05, 3.63) is 11.8 Å². The van der Waals surface area contributed by atoms with Gasteiger partial charge in [0, 0.05) is 6.42 Å². The Morgan fingerprint density at radius 1 is 1.37 bits per heavy atom. The molecule has 19 heavy (non-hydrogen) atoms. The highest BCUT2D eigenvalue weighted by atomic mass is 32.2. The lowest BCUT2D eigenvalue weighted by Crippen LogP contribution is -2.28. The molecular weight excluding hydrogens is 281 g/mol. The summed E-state index contributed by atoms with van der Waals surface area (Å²) in [6.45, 7) is 6.26. The van der Waals surface area contributed by atoms with Gasteiger partial charge < -0.3 is 4.18 Å². The maximum absolute atomic E-state index is 12.2. The normalized spacial score (nSPS) is 22.0. The molecule has 0 aromatic rings. The molecule has 1 aliphatic rings. The fourth-order valence-corrected chi connectivity index (χ4v) is 2.60. The van der Waals surface area contributed by atoms with Crippen molar-refractivity contribution in [2.24, 2.45) is 11.3 Å². The van der Waals surface area contributed by atoms with Crippen LogP contribution in [0.1, 0.15) is 46.5 Å². The van der Waals surface area contributed by atoms with Gasteiger partial charge in [0.25, 0.3) is 0 Å². The molecule has 0 saturated heterocycles. The van der Waals surface area contributed by atoms with Gasteiger partial charge in [-0.3, -0.25) is 0 Å². The first kappa shape index (κ1) is 16.3. The Balaban J connectivity index is 2.72. The second kappa shape index (κ2) is 5.34. The Labute approximate surface area is 112 Å². The highest BCUT2D eigenvalue weighted by Gasteiger charge is 2.49. The van der Waals surface area contributed by atoms with E-state index in [2.05, 4.69) is 25.0 Å². The second-order valence-electron chi connectivity index (χ2n) is 5.47. The van der Waals surface area contributed by atoms with Gasteiger partial charge in [0.2, 0.25) is 0 Å². The zero-order valence-corrected chi connectivity index (χ0v) is 12.1. The average molecular weight is 300 g/mol. The fraction of sp³-hybridized carbons (Fsp3) is 0.833. The molecule has 112 valence electrons. The quantitative estimate of drug-likeness (QED) is 0.583. The minimum Gasteiger partial charge on any atom is -0.381 e. The van der Waals surface area contributed by atoms with Gasteiger partial charge in [-0.2, -0.15) is 21.6 Å². The molecule has 0 amide bonds. The summed E-state index contributed by atoms with van der Waals surface area (Å²) in [5, 5.41) is 0. The standard InChI is InChI=1S/C12H19F3O3S/c1-4-11(2,3)9-5-7-10(8-6-9)18-19(16,17)12(13,14)15/h7,9H,4-6,8H2,1-3H3. The summed E-state index contributed by atoms with van der Waals surface area (Å²) in [4.78, 5) is 0. The molecule has 0 aromatic heterocycles. The number of hydrogen-bond donors (Lipinski definition) is 0. The van der Waals surface area contributed by atoms with Crippen molar-refractivity contribution in [2.45, 2.75) is 52.0 Å². The molecule has 0 aliphatic heterocycles. The second-order valence-corrected chi connectivity index (χ2v) is 7.00. The van der Waals surface area contributed by atoms with Crippen LogP contribution < -0.4 is 0 Å². The molecule has 1 atom stereocenters. The van der Waals surface area contributed by atoms with Gasteiger partial charge in [-0.05, 0) is 30.3 Å². The molecule has 7 heteroatoms. The van der Waals surface area contributed by atoms with Crippen LogP contribution in [0.2, 0.25) is 0 Å². The first-order valence-electron chi connectivity index (χ1n) is 6.19. The molecular formula is C12H19F3O3S. The van der Waals surface area contributed by atoms with Crippen molar-refractivity contribution in [1.29, 1.82) is 0 Å². The molecule has 0 N–H and O–H groups in total. The van der Waals surface area contributed by atoms with Crippen LogP contribution in [-0.2, 0) is 14.3 Å². The zero-order valence-electron chi connectivity index (χ0n) is 11.3. The lowest BCUT2D eigenvalue weighted by molar-refractivity contribution is -0.0525. The van der Waals surface area contributed by atoms with Crippen LogP contribution in [0.4, 0.5) is 13.2 Å². The number of halogens is 3.